The molecule has 0 bridgehead atoms. The Bertz CT molecular complexity index is 324. The summed E-state index contributed by atoms with van der Waals surface area (Å²) in [4.78, 5) is 25.3. The third-order valence-electron chi connectivity index (χ3n) is 4.22. The average Bonchev–Trinajstić information content (AvgIpc) is 2.40. The van der Waals surface area contributed by atoms with Crippen molar-refractivity contribution in [1.82, 2.24) is 15.5 Å². The molecule has 0 aromatic carbocycles. The predicted molar refractivity (Wildman–Crippen MR) is 69.1 cm³/mol. The molecular formula is C13H23N3O2. The molecule has 0 spiro atoms. The molecule has 1 saturated carbocycles. The van der Waals surface area contributed by atoms with Crippen molar-refractivity contribution in [3.63, 3.8) is 0 Å². The summed E-state index contributed by atoms with van der Waals surface area (Å²) in [5.74, 6) is 0.0675. The van der Waals surface area contributed by atoms with Gasteiger partial charge in [-0.2, -0.15) is 0 Å². The van der Waals surface area contributed by atoms with E-state index < -0.39 is 0 Å². The Morgan fingerprint density at radius 2 is 2.11 bits per heavy atom. The highest BCUT2D eigenvalue weighted by molar-refractivity contribution is 5.86. The van der Waals surface area contributed by atoms with Gasteiger partial charge >= 0.3 is 0 Å². The van der Waals surface area contributed by atoms with Gasteiger partial charge < -0.3 is 15.5 Å². The molecule has 2 rings (SSSR count). The van der Waals surface area contributed by atoms with Crippen molar-refractivity contribution >= 4 is 11.8 Å². The van der Waals surface area contributed by atoms with E-state index in [1.165, 1.54) is 19.3 Å². The summed E-state index contributed by atoms with van der Waals surface area (Å²) in [7, 11) is 1.95. The van der Waals surface area contributed by atoms with Crippen molar-refractivity contribution in [2.75, 3.05) is 26.7 Å². The van der Waals surface area contributed by atoms with Gasteiger partial charge in [0.25, 0.3) is 0 Å². The van der Waals surface area contributed by atoms with Gasteiger partial charge in [0.2, 0.25) is 11.8 Å². The van der Waals surface area contributed by atoms with Crippen molar-refractivity contribution in [2.45, 2.75) is 44.1 Å². The second-order valence-electron chi connectivity index (χ2n) is 5.43. The van der Waals surface area contributed by atoms with Crippen LogP contribution in [0.3, 0.4) is 0 Å². The summed E-state index contributed by atoms with van der Waals surface area (Å²) in [6.45, 7) is 1.44. The summed E-state index contributed by atoms with van der Waals surface area (Å²) in [6, 6.07) is 0. The molecule has 2 N–H and O–H groups in total. The number of carbonyl (C=O) groups is 2. The van der Waals surface area contributed by atoms with E-state index in [2.05, 4.69) is 10.6 Å². The molecule has 0 unspecified atom stereocenters. The van der Waals surface area contributed by atoms with E-state index in [0.717, 1.165) is 12.8 Å². The Balaban J connectivity index is 1.94. The Labute approximate surface area is 108 Å². The van der Waals surface area contributed by atoms with Crippen LogP contribution in [0.5, 0.6) is 0 Å². The van der Waals surface area contributed by atoms with Crippen LogP contribution in [0.1, 0.15) is 38.5 Å². The van der Waals surface area contributed by atoms with E-state index in [1.807, 2.05) is 7.05 Å². The molecule has 1 saturated heterocycles. The van der Waals surface area contributed by atoms with E-state index in [0.29, 0.717) is 19.5 Å². The van der Waals surface area contributed by atoms with Crippen LogP contribution >= 0.6 is 0 Å². The van der Waals surface area contributed by atoms with Gasteiger partial charge in [-0.05, 0) is 19.9 Å². The van der Waals surface area contributed by atoms with Crippen molar-refractivity contribution < 1.29 is 9.59 Å². The molecule has 1 aliphatic heterocycles. The molecule has 0 aromatic heterocycles. The predicted octanol–water partition coefficient (Wildman–Crippen LogP) is 0.257. The maximum atomic E-state index is 12.3. The molecule has 102 valence electrons. The molecule has 0 radical (unpaired) electrons. The lowest BCUT2D eigenvalue weighted by molar-refractivity contribution is -0.139. The Kier molecular flexibility index (Phi) is 4.22. The first-order valence-corrected chi connectivity index (χ1v) is 6.89. The van der Waals surface area contributed by atoms with Crippen molar-refractivity contribution in [3.8, 4) is 0 Å². The highest BCUT2D eigenvalue weighted by Crippen LogP contribution is 2.31. The number of nitrogens with one attached hydrogen (secondary N) is 2. The average molecular weight is 253 g/mol. The fraction of sp³-hybridized carbons (Fsp3) is 0.846. The highest BCUT2D eigenvalue weighted by Gasteiger charge is 2.34. The van der Waals surface area contributed by atoms with Crippen molar-refractivity contribution in [2.24, 2.45) is 0 Å². The highest BCUT2D eigenvalue weighted by atomic mass is 16.2. The number of piperazine rings is 1. The molecule has 0 atom stereocenters. The second-order valence-corrected chi connectivity index (χ2v) is 5.43. The molecule has 2 fully saturated rings. The van der Waals surface area contributed by atoms with Gasteiger partial charge in [0.15, 0.2) is 0 Å². The van der Waals surface area contributed by atoms with Crippen LogP contribution < -0.4 is 10.6 Å². The first kappa shape index (κ1) is 13.3. The summed E-state index contributed by atoms with van der Waals surface area (Å²) >= 11 is 0. The number of amides is 2. The second kappa shape index (κ2) is 5.69. The molecular weight excluding hydrogens is 230 g/mol. The van der Waals surface area contributed by atoms with Crippen LogP contribution in [0.4, 0.5) is 0 Å². The van der Waals surface area contributed by atoms with Gasteiger partial charge in [-0.1, -0.05) is 19.3 Å². The first-order chi connectivity index (χ1) is 8.65. The van der Waals surface area contributed by atoms with Gasteiger partial charge in [0.05, 0.1) is 6.54 Å². The van der Waals surface area contributed by atoms with Crippen LogP contribution in [0.2, 0.25) is 0 Å². The van der Waals surface area contributed by atoms with Gasteiger partial charge in [0, 0.05) is 25.0 Å². The minimum Gasteiger partial charge on any atom is -0.353 e. The third kappa shape index (κ3) is 3.02. The fourth-order valence-corrected chi connectivity index (χ4v) is 3.00. The molecule has 18 heavy (non-hydrogen) atoms. The van der Waals surface area contributed by atoms with Crippen LogP contribution in [-0.4, -0.2) is 48.9 Å². The number of carbonyl (C=O) groups excluding carboxylic acids is 2. The van der Waals surface area contributed by atoms with Crippen LogP contribution in [-0.2, 0) is 9.59 Å². The SMILES string of the molecule is CNC1(CC(=O)N2CCNC(=O)C2)CCCCC1. The molecule has 1 aliphatic carbocycles. The zero-order valence-corrected chi connectivity index (χ0v) is 11.1. The fourth-order valence-electron chi connectivity index (χ4n) is 3.00. The number of hydrogen-bond donors (Lipinski definition) is 2. The number of rotatable bonds is 3. The summed E-state index contributed by atoms with van der Waals surface area (Å²) in [6.07, 6.45) is 6.30. The standard InChI is InChI=1S/C13H23N3O2/c1-14-13(5-3-2-4-6-13)9-12(18)16-8-7-15-11(17)10-16/h14H,2-10H2,1H3,(H,15,17). The lowest BCUT2D eigenvalue weighted by Gasteiger charge is -2.38. The Hall–Kier alpha value is -1.10. The van der Waals surface area contributed by atoms with E-state index in [-0.39, 0.29) is 23.9 Å². The Morgan fingerprint density at radius 1 is 1.39 bits per heavy atom. The van der Waals surface area contributed by atoms with Gasteiger partial charge in [0.1, 0.15) is 0 Å². The lowest BCUT2D eigenvalue weighted by atomic mass is 9.79. The molecule has 0 aromatic rings. The van der Waals surface area contributed by atoms with Crippen LogP contribution in [0.25, 0.3) is 0 Å². The minimum atomic E-state index is -0.0447. The molecule has 2 aliphatic rings. The zero-order valence-electron chi connectivity index (χ0n) is 11.1. The zero-order chi connectivity index (χ0) is 13.0. The van der Waals surface area contributed by atoms with Gasteiger partial charge in [-0.15, -0.1) is 0 Å². The van der Waals surface area contributed by atoms with E-state index >= 15 is 0 Å². The van der Waals surface area contributed by atoms with Crippen LogP contribution in [0, 0.1) is 0 Å². The quantitative estimate of drug-likeness (QED) is 0.758. The Morgan fingerprint density at radius 3 is 2.72 bits per heavy atom. The van der Waals surface area contributed by atoms with Crippen molar-refractivity contribution in [1.29, 1.82) is 0 Å². The molecule has 2 amide bonds. The first-order valence-electron chi connectivity index (χ1n) is 6.89. The maximum Gasteiger partial charge on any atom is 0.239 e. The minimum absolute atomic E-state index is 0.0384. The van der Waals surface area contributed by atoms with Crippen LogP contribution in [0.15, 0.2) is 0 Å². The smallest absolute Gasteiger partial charge is 0.239 e. The summed E-state index contributed by atoms with van der Waals surface area (Å²) in [5.41, 5.74) is -0.0384. The third-order valence-corrected chi connectivity index (χ3v) is 4.22. The van der Waals surface area contributed by atoms with E-state index in [1.54, 1.807) is 4.90 Å². The summed E-state index contributed by atoms with van der Waals surface area (Å²) in [5, 5.41) is 6.10. The molecule has 5 nitrogen and oxygen atoms in total. The monoisotopic (exact) mass is 253 g/mol. The summed E-state index contributed by atoms with van der Waals surface area (Å²) < 4.78 is 0. The van der Waals surface area contributed by atoms with E-state index in [4.69, 9.17) is 0 Å². The van der Waals surface area contributed by atoms with E-state index in [9.17, 15) is 9.59 Å². The topological polar surface area (TPSA) is 61.4 Å². The molecule has 1 heterocycles. The van der Waals surface area contributed by atoms with Gasteiger partial charge in [-0.3, -0.25) is 9.59 Å². The molecule has 5 heteroatoms. The van der Waals surface area contributed by atoms with Gasteiger partial charge in [-0.25, -0.2) is 0 Å². The normalized spacial score (nSPS) is 23.6. The number of hydrogen-bond acceptors (Lipinski definition) is 3. The van der Waals surface area contributed by atoms with Crippen molar-refractivity contribution in [3.05, 3.63) is 0 Å². The maximum absolute atomic E-state index is 12.3. The lowest BCUT2D eigenvalue weighted by Crippen LogP contribution is -2.54. The largest absolute Gasteiger partial charge is 0.353 e. The number of nitrogens with zero attached hydrogens (tertiary/aromatic N) is 1.